The smallest absolute Gasteiger partial charge is 0.219 e. The third-order valence-electron chi connectivity index (χ3n) is 4.13. The van der Waals surface area contributed by atoms with E-state index < -0.39 is 0 Å². The molecule has 0 spiro atoms. The Labute approximate surface area is 136 Å². The highest BCUT2D eigenvalue weighted by atomic mass is 16.2. The molecule has 3 heterocycles. The maximum atomic E-state index is 11.5. The number of pyridine rings is 1. The van der Waals surface area contributed by atoms with Gasteiger partial charge in [-0.15, -0.1) is 0 Å². The number of hydrogen-bond donors (Lipinski definition) is 1. The molecule has 0 bridgehead atoms. The summed E-state index contributed by atoms with van der Waals surface area (Å²) < 4.78 is 0. The van der Waals surface area contributed by atoms with E-state index in [1.54, 1.807) is 13.1 Å². The van der Waals surface area contributed by atoms with Gasteiger partial charge in [-0.2, -0.15) is 0 Å². The van der Waals surface area contributed by atoms with Crippen LogP contribution in [0.4, 0.5) is 11.6 Å². The summed E-state index contributed by atoms with van der Waals surface area (Å²) in [5.41, 5.74) is 1.97. The van der Waals surface area contributed by atoms with Crippen LogP contribution in [0.15, 0.2) is 24.4 Å². The molecule has 1 saturated heterocycles. The molecule has 1 fully saturated rings. The predicted octanol–water partition coefficient (Wildman–Crippen LogP) is 2.57. The van der Waals surface area contributed by atoms with E-state index in [-0.39, 0.29) is 11.8 Å². The van der Waals surface area contributed by atoms with Crippen molar-refractivity contribution in [3.05, 3.63) is 41.5 Å². The van der Waals surface area contributed by atoms with E-state index in [1.165, 1.54) is 0 Å². The molecule has 1 aliphatic rings. The molecule has 1 N–H and O–H groups in total. The molecule has 1 unspecified atom stereocenters. The zero-order chi connectivity index (χ0) is 16.4. The molecule has 2 aromatic heterocycles. The summed E-state index contributed by atoms with van der Waals surface area (Å²) in [7, 11) is 0. The molecule has 6 heteroatoms. The molecule has 0 aromatic carbocycles. The van der Waals surface area contributed by atoms with Gasteiger partial charge in [0.25, 0.3) is 0 Å². The molecule has 2 aromatic rings. The lowest BCUT2D eigenvalue weighted by molar-refractivity contribution is -0.127. The van der Waals surface area contributed by atoms with Gasteiger partial charge in [0.1, 0.15) is 17.5 Å². The van der Waals surface area contributed by atoms with Crippen molar-refractivity contribution in [2.45, 2.75) is 33.1 Å². The largest absolute Gasteiger partial charge is 0.342 e. The summed E-state index contributed by atoms with van der Waals surface area (Å²) in [5.74, 6) is 2.65. The van der Waals surface area contributed by atoms with E-state index in [2.05, 4.69) is 20.3 Å². The van der Waals surface area contributed by atoms with Crippen LogP contribution in [0.5, 0.6) is 0 Å². The lowest BCUT2D eigenvalue weighted by Gasteiger charge is -2.14. The minimum absolute atomic E-state index is 0.114. The molecule has 3 rings (SSSR count). The van der Waals surface area contributed by atoms with Gasteiger partial charge in [-0.25, -0.2) is 15.0 Å². The number of carbonyl (C=O) groups excluding carboxylic acids is 1. The Morgan fingerprint density at radius 3 is 2.87 bits per heavy atom. The number of rotatable bonds is 3. The molecule has 1 amide bonds. The van der Waals surface area contributed by atoms with Gasteiger partial charge < -0.3 is 10.2 Å². The van der Waals surface area contributed by atoms with Crippen molar-refractivity contribution < 1.29 is 4.79 Å². The molecular formula is C17H21N5O. The molecule has 6 nitrogen and oxygen atoms in total. The second-order valence-corrected chi connectivity index (χ2v) is 6.00. The number of anilines is 2. The van der Waals surface area contributed by atoms with E-state index in [0.29, 0.717) is 6.54 Å². The zero-order valence-corrected chi connectivity index (χ0v) is 13.7. The van der Waals surface area contributed by atoms with Gasteiger partial charge in [0.15, 0.2) is 0 Å². The predicted molar refractivity (Wildman–Crippen MR) is 88.6 cm³/mol. The summed E-state index contributed by atoms with van der Waals surface area (Å²) in [6, 6.07) is 5.83. The van der Waals surface area contributed by atoms with Crippen LogP contribution in [-0.2, 0) is 4.79 Å². The van der Waals surface area contributed by atoms with E-state index in [4.69, 9.17) is 0 Å². The van der Waals surface area contributed by atoms with Gasteiger partial charge >= 0.3 is 0 Å². The summed E-state index contributed by atoms with van der Waals surface area (Å²) in [6.07, 6.45) is 2.66. The van der Waals surface area contributed by atoms with Crippen LogP contribution in [-0.4, -0.2) is 38.8 Å². The number of nitrogens with zero attached hydrogens (tertiary/aromatic N) is 4. The van der Waals surface area contributed by atoms with Gasteiger partial charge in [0.2, 0.25) is 5.91 Å². The Balaban J connectivity index is 1.83. The van der Waals surface area contributed by atoms with Gasteiger partial charge in [0.05, 0.1) is 0 Å². The number of hydrogen-bond acceptors (Lipinski definition) is 5. The third kappa shape index (κ3) is 3.47. The van der Waals surface area contributed by atoms with Crippen molar-refractivity contribution in [2.24, 2.45) is 0 Å². The number of likely N-dealkylation sites (tertiary alicyclic amines) is 1. The summed E-state index contributed by atoms with van der Waals surface area (Å²) in [4.78, 5) is 26.9. The number of nitrogens with one attached hydrogen (secondary N) is 1. The molecule has 120 valence electrons. The quantitative estimate of drug-likeness (QED) is 0.943. The molecule has 1 aliphatic heterocycles. The van der Waals surface area contributed by atoms with Crippen LogP contribution in [0, 0.1) is 13.8 Å². The fourth-order valence-electron chi connectivity index (χ4n) is 2.83. The van der Waals surface area contributed by atoms with E-state index in [0.717, 1.165) is 41.7 Å². The number of aryl methyl sites for hydroxylation is 2. The van der Waals surface area contributed by atoms with Crippen molar-refractivity contribution in [1.29, 1.82) is 0 Å². The van der Waals surface area contributed by atoms with E-state index >= 15 is 0 Å². The van der Waals surface area contributed by atoms with E-state index in [9.17, 15) is 4.79 Å². The number of carbonyl (C=O) groups is 1. The first-order valence-electron chi connectivity index (χ1n) is 7.82. The fraction of sp³-hybridized carbons (Fsp3) is 0.412. The van der Waals surface area contributed by atoms with Crippen molar-refractivity contribution in [3.63, 3.8) is 0 Å². The standard InChI is InChI=1S/C17H21N5O/c1-11-5-4-7-18-16(11)20-15-9-12(2)19-17(21-15)14-6-8-22(10-14)13(3)23/h4-5,7,9,14H,6,8,10H2,1-3H3,(H,18,19,20,21). The van der Waals surface area contributed by atoms with Gasteiger partial charge in [-0.3, -0.25) is 4.79 Å². The highest BCUT2D eigenvalue weighted by molar-refractivity contribution is 5.73. The minimum atomic E-state index is 0.114. The number of amides is 1. The normalized spacial score (nSPS) is 17.3. The first-order valence-corrected chi connectivity index (χ1v) is 7.82. The Kier molecular flexibility index (Phi) is 4.23. The Morgan fingerprint density at radius 1 is 1.35 bits per heavy atom. The van der Waals surface area contributed by atoms with Crippen molar-refractivity contribution in [2.75, 3.05) is 18.4 Å². The van der Waals surface area contributed by atoms with Crippen LogP contribution in [0.2, 0.25) is 0 Å². The minimum Gasteiger partial charge on any atom is -0.342 e. The topological polar surface area (TPSA) is 71.0 Å². The SMILES string of the molecule is CC(=O)N1CCC(c2nc(C)cc(Nc3ncccc3C)n2)C1. The molecule has 1 atom stereocenters. The second kappa shape index (κ2) is 6.32. The first kappa shape index (κ1) is 15.4. The maximum Gasteiger partial charge on any atom is 0.219 e. The highest BCUT2D eigenvalue weighted by Crippen LogP contribution is 2.26. The molecule has 0 radical (unpaired) electrons. The fourth-order valence-corrected chi connectivity index (χ4v) is 2.83. The van der Waals surface area contributed by atoms with Crippen LogP contribution in [0.3, 0.4) is 0 Å². The van der Waals surface area contributed by atoms with Crippen molar-refractivity contribution in [1.82, 2.24) is 19.9 Å². The molecule has 0 saturated carbocycles. The van der Waals surface area contributed by atoms with Crippen molar-refractivity contribution >= 4 is 17.5 Å². The first-order chi connectivity index (χ1) is 11.0. The monoisotopic (exact) mass is 311 g/mol. The van der Waals surface area contributed by atoms with Crippen LogP contribution >= 0.6 is 0 Å². The average molecular weight is 311 g/mol. The van der Waals surface area contributed by atoms with Crippen molar-refractivity contribution in [3.8, 4) is 0 Å². The van der Waals surface area contributed by atoms with Crippen LogP contribution < -0.4 is 5.32 Å². The molecule has 23 heavy (non-hydrogen) atoms. The maximum absolute atomic E-state index is 11.5. The molecule has 0 aliphatic carbocycles. The van der Waals surface area contributed by atoms with Crippen LogP contribution in [0.1, 0.15) is 36.3 Å². The van der Waals surface area contributed by atoms with Gasteiger partial charge in [0, 0.05) is 43.9 Å². The molecular weight excluding hydrogens is 290 g/mol. The third-order valence-corrected chi connectivity index (χ3v) is 4.13. The lowest BCUT2D eigenvalue weighted by Crippen LogP contribution is -2.25. The summed E-state index contributed by atoms with van der Waals surface area (Å²) in [6.45, 7) is 7.04. The summed E-state index contributed by atoms with van der Waals surface area (Å²) in [5, 5.41) is 3.27. The van der Waals surface area contributed by atoms with Gasteiger partial charge in [-0.1, -0.05) is 6.07 Å². The zero-order valence-electron chi connectivity index (χ0n) is 13.7. The van der Waals surface area contributed by atoms with E-state index in [1.807, 2.05) is 36.9 Å². The Hall–Kier alpha value is -2.50. The summed E-state index contributed by atoms with van der Waals surface area (Å²) >= 11 is 0. The average Bonchev–Trinajstić information content (AvgIpc) is 2.99. The Morgan fingerprint density at radius 2 is 2.17 bits per heavy atom. The van der Waals surface area contributed by atoms with Crippen LogP contribution in [0.25, 0.3) is 0 Å². The van der Waals surface area contributed by atoms with Gasteiger partial charge in [-0.05, 0) is 31.9 Å². The second-order valence-electron chi connectivity index (χ2n) is 6.00. The highest BCUT2D eigenvalue weighted by Gasteiger charge is 2.27. The lowest BCUT2D eigenvalue weighted by atomic mass is 10.1. The Bertz CT molecular complexity index is 731. The number of aromatic nitrogens is 3.